The second-order valence-corrected chi connectivity index (χ2v) is 17.2. The molecular formula is C24H33N3O4SSi. The molecule has 0 aliphatic carbocycles. The molecule has 33 heavy (non-hydrogen) atoms. The molecule has 2 N–H and O–H groups in total. The number of hydrogen-bond donors (Lipinski definition) is 1. The average Bonchev–Trinajstić information content (AvgIpc) is 3.06. The van der Waals surface area contributed by atoms with Crippen molar-refractivity contribution >= 4 is 41.1 Å². The lowest BCUT2D eigenvalue weighted by Gasteiger charge is -2.39. The van der Waals surface area contributed by atoms with Crippen molar-refractivity contribution in [3.05, 3.63) is 59.7 Å². The number of nitrogens with two attached hydrogens (primary N) is 1. The molecule has 0 spiro atoms. The van der Waals surface area contributed by atoms with Gasteiger partial charge in [-0.05, 0) is 55.7 Å². The standard InChI is InChI=1S/C24H33N3O4SSi/c1-16(2)32(29,30)27-20-15-18(13-14-19(20)26-23(27)25)21(28)22(17-11-9-8-10-12-17)31-33(6,7)24(3,4)5/h8-16,22H,1-7H3,(H2,25,26). The summed E-state index contributed by atoms with van der Waals surface area (Å²) in [6.45, 7) is 13.7. The quantitative estimate of drug-likeness (QED) is 0.365. The minimum atomic E-state index is -3.76. The summed E-state index contributed by atoms with van der Waals surface area (Å²) < 4.78 is 33.4. The number of rotatable bonds is 7. The predicted molar refractivity (Wildman–Crippen MR) is 135 cm³/mol. The third kappa shape index (κ3) is 4.76. The minimum Gasteiger partial charge on any atom is -0.403 e. The van der Waals surface area contributed by atoms with Gasteiger partial charge in [-0.3, -0.25) is 4.79 Å². The van der Waals surface area contributed by atoms with E-state index >= 15 is 0 Å². The van der Waals surface area contributed by atoms with Crippen molar-refractivity contribution in [2.45, 2.75) is 64.1 Å². The highest BCUT2D eigenvalue weighted by atomic mass is 32.2. The van der Waals surface area contributed by atoms with Gasteiger partial charge in [0.15, 0.2) is 14.1 Å². The molecule has 0 fully saturated rings. The molecule has 7 nitrogen and oxygen atoms in total. The van der Waals surface area contributed by atoms with Gasteiger partial charge in [-0.1, -0.05) is 51.1 Å². The highest BCUT2D eigenvalue weighted by Gasteiger charge is 2.41. The highest BCUT2D eigenvalue weighted by Crippen LogP contribution is 2.40. The summed E-state index contributed by atoms with van der Waals surface area (Å²) in [5, 5.41) is -0.793. The molecule has 1 atom stereocenters. The Morgan fingerprint density at radius 1 is 1.09 bits per heavy atom. The largest absolute Gasteiger partial charge is 0.403 e. The molecule has 0 radical (unpaired) electrons. The number of benzene rings is 2. The number of hydrogen-bond acceptors (Lipinski definition) is 6. The zero-order valence-electron chi connectivity index (χ0n) is 20.3. The lowest BCUT2D eigenvalue weighted by molar-refractivity contribution is 0.0767. The second-order valence-electron chi connectivity index (χ2n) is 10.1. The zero-order valence-corrected chi connectivity index (χ0v) is 22.1. The van der Waals surface area contributed by atoms with Crippen LogP contribution in [0.5, 0.6) is 0 Å². The van der Waals surface area contributed by atoms with Crippen LogP contribution in [0.15, 0.2) is 48.5 Å². The van der Waals surface area contributed by atoms with Crippen LogP contribution in [0.4, 0.5) is 5.95 Å². The van der Waals surface area contributed by atoms with Crippen molar-refractivity contribution in [1.29, 1.82) is 0 Å². The van der Waals surface area contributed by atoms with E-state index in [-0.39, 0.29) is 22.3 Å². The average molecular weight is 488 g/mol. The van der Waals surface area contributed by atoms with Gasteiger partial charge in [-0.15, -0.1) is 0 Å². The van der Waals surface area contributed by atoms with Crippen LogP contribution >= 0.6 is 0 Å². The normalized spacial score (nSPS) is 14.1. The number of ketones is 1. The van der Waals surface area contributed by atoms with Gasteiger partial charge >= 0.3 is 0 Å². The first-order valence-corrected chi connectivity index (χ1v) is 15.4. The van der Waals surface area contributed by atoms with Crippen molar-refractivity contribution < 1.29 is 17.6 Å². The molecule has 1 unspecified atom stereocenters. The number of nitrogens with zero attached hydrogens (tertiary/aromatic N) is 2. The Kier molecular flexibility index (Phi) is 6.62. The fraction of sp³-hybridized carbons (Fsp3) is 0.417. The Labute approximate surface area is 197 Å². The van der Waals surface area contributed by atoms with Crippen LogP contribution in [-0.4, -0.2) is 36.7 Å². The van der Waals surface area contributed by atoms with Gasteiger partial charge in [0.2, 0.25) is 16.0 Å². The van der Waals surface area contributed by atoms with Crippen molar-refractivity contribution in [1.82, 2.24) is 8.96 Å². The van der Waals surface area contributed by atoms with Gasteiger partial charge in [-0.2, -0.15) is 0 Å². The SMILES string of the molecule is CC(C)S(=O)(=O)n1c(N)nc2ccc(C(=O)C(O[Si](C)(C)C(C)(C)C)c3ccccc3)cc21. The predicted octanol–water partition coefficient (Wildman–Crippen LogP) is 5.15. The molecule has 3 aromatic rings. The van der Waals surface area contributed by atoms with Gasteiger partial charge in [-0.25, -0.2) is 17.4 Å². The monoisotopic (exact) mass is 487 g/mol. The van der Waals surface area contributed by atoms with Crippen molar-refractivity contribution in [3.8, 4) is 0 Å². The molecule has 3 rings (SSSR count). The van der Waals surface area contributed by atoms with Crippen LogP contribution in [-0.2, 0) is 14.4 Å². The van der Waals surface area contributed by atoms with Crippen LogP contribution in [0, 0.1) is 0 Å². The van der Waals surface area contributed by atoms with Crippen LogP contribution in [0.2, 0.25) is 18.1 Å². The Hall–Kier alpha value is -2.49. The number of anilines is 1. The van der Waals surface area contributed by atoms with E-state index in [0.717, 1.165) is 9.54 Å². The number of imidazole rings is 1. The van der Waals surface area contributed by atoms with Crippen LogP contribution in [0.1, 0.15) is 56.6 Å². The molecule has 1 heterocycles. The molecule has 0 saturated heterocycles. The first kappa shape index (κ1) is 25.1. The lowest BCUT2D eigenvalue weighted by Crippen LogP contribution is -2.43. The maximum absolute atomic E-state index is 13.8. The maximum atomic E-state index is 13.8. The molecule has 9 heteroatoms. The molecule has 0 bridgehead atoms. The second kappa shape index (κ2) is 8.70. The molecule has 1 aromatic heterocycles. The van der Waals surface area contributed by atoms with Crippen molar-refractivity contribution in [2.75, 3.05) is 5.73 Å². The smallest absolute Gasteiger partial charge is 0.244 e. The van der Waals surface area contributed by atoms with Crippen molar-refractivity contribution in [2.24, 2.45) is 0 Å². The molecule has 0 amide bonds. The fourth-order valence-corrected chi connectivity index (χ4v) is 5.56. The fourth-order valence-electron chi connectivity index (χ4n) is 3.23. The van der Waals surface area contributed by atoms with Gasteiger partial charge in [0.1, 0.15) is 6.10 Å². The van der Waals surface area contributed by atoms with E-state index in [2.05, 4.69) is 38.8 Å². The summed E-state index contributed by atoms with van der Waals surface area (Å²) in [7, 11) is -6.07. The van der Waals surface area contributed by atoms with E-state index < -0.39 is 29.7 Å². The Morgan fingerprint density at radius 3 is 2.24 bits per heavy atom. The number of Topliss-reactive ketones (excluding diaryl/α,β-unsaturated/α-hetero) is 1. The molecule has 0 aliphatic heterocycles. The van der Waals surface area contributed by atoms with Crippen LogP contribution in [0.25, 0.3) is 11.0 Å². The molecular weight excluding hydrogens is 454 g/mol. The highest BCUT2D eigenvalue weighted by molar-refractivity contribution is 7.90. The van der Waals surface area contributed by atoms with E-state index in [9.17, 15) is 13.2 Å². The van der Waals surface area contributed by atoms with Crippen LogP contribution < -0.4 is 5.73 Å². The summed E-state index contributed by atoms with van der Waals surface area (Å²) in [6, 6.07) is 14.2. The van der Waals surface area contributed by atoms with Gasteiger partial charge in [0, 0.05) is 5.56 Å². The third-order valence-electron chi connectivity index (χ3n) is 6.33. The number of nitrogen functional groups attached to an aromatic ring is 1. The number of carbonyl (C=O) groups excluding carboxylic acids is 1. The van der Waals surface area contributed by atoms with Crippen molar-refractivity contribution in [3.63, 3.8) is 0 Å². The first-order valence-electron chi connectivity index (χ1n) is 11.0. The number of carbonyl (C=O) groups is 1. The molecule has 0 aliphatic rings. The molecule has 2 aromatic carbocycles. The summed E-state index contributed by atoms with van der Waals surface area (Å²) in [4.78, 5) is 18.0. The first-order chi connectivity index (χ1) is 15.2. The summed E-state index contributed by atoms with van der Waals surface area (Å²) >= 11 is 0. The zero-order chi connectivity index (χ0) is 24.8. The Balaban J connectivity index is 2.15. The van der Waals surface area contributed by atoms with Gasteiger partial charge < -0.3 is 10.2 Å². The van der Waals surface area contributed by atoms with Gasteiger partial charge in [0.05, 0.1) is 16.3 Å². The number of fused-ring (bicyclic) bond motifs is 1. The summed E-state index contributed by atoms with van der Waals surface area (Å²) in [5.41, 5.74) is 7.75. The number of aromatic nitrogens is 2. The Morgan fingerprint density at radius 2 is 1.70 bits per heavy atom. The molecule has 0 saturated carbocycles. The van der Waals surface area contributed by atoms with E-state index in [1.54, 1.807) is 32.0 Å². The van der Waals surface area contributed by atoms with E-state index in [0.29, 0.717) is 11.1 Å². The van der Waals surface area contributed by atoms with E-state index in [1.807, 2.05) is 30.3 Å². The Bertz CT molecular complexity index is 1280. The third-order valence-corrected chi connectivity index (χ3v) is 12.9. The summed E-state index contributed by atoms with van der Waals surface area (Å²) in [5.74, 6) is -0.360. The van der Waals surface area contributed by atoms with Gasteiger partial charge in [0.25, 0.3) is 0 Å². The van der Waals surface area contributed by atoms with Crippen LogP contribution in [0.3, 0.4) is 0 Å². The maximum Gasteiger partial charge on any atom is 0.244 e. The topological polar surface area (TPSA) is 104 Å². The van der Waals surface area contributed by atoms with E-state index in [1.165, 1.54) is 0 Å². The van der Waals surface area contributed by atoms with E-state index in [4.69, 9.17) is 10.2 Å². The summed E-state index contributed by atoms with van der Waals surface area (Å²) in [6.07, 6.45) is -0.806. The minimum absolute atomic E-state index is 0.0946. The molecule has 178 valence electrons. The lowest BCUT2D eigenvalue weighted by atomic mass is 10.00.